The molecule has 0 saturated carbocycles. The molecule has 0 spiro atoms. The third-order valence-corrected chi connectivity index (χ3v) is 3.78. The number of carbonyl (C=O) groups is 1. The highest BCUT2D eigenvalue weighted by Crippen LogP contribution is 2.11. The SMILES string of the molecule is NCCCCCCC(=O)NCCCn1cnc2ccccc21. The molecule has 0 aliphatic carbocycles. The smallest absolute Gasteiger partial charge is 0.219 e. The maximum absolute atomic E-state index is 11.7. The molecule has 0 fully saturated rings. The molecule has 22 heavy (non-hydrogen) atoms. The lowest BCUT2D eigenvalue weighted by atomic mass is 10.1. The lowest BCUT2D eigenvalue weighted by molar-refractivity contribution is -0.121. The van der Waals surface area contributed by atoms with E-state index in [1.807, 2.05) is 24.5 Å². The molecule has 2 aromatic rings. The maximum atomic E-state index is 11.7. The van der Waals surface area contributed by atoms with Crippen LogP contribution >= 0.6 is 0 Å². The summed E-state index contributed by atoms with van der Waals surface area (Å²) in [7, 11) is 0. The maximum Gasteiger partial charge on any atom is 0.219 e. The van der Waals surface area contributed by atoms with Gasteiger partial charge < -0.3 is 15.6 Å². The fourth-order valence-electron chi connectivity index (χ4n) is 2.54. The molecule has 0 saturated heterocycles. The summed E-state index contributed by atoms with van der Waals surface area (Å²) in [6.45, 7) is 2.33. The molecule has 120 valence electrons. The zero-order chi connectivity index (χ0) is 15.6. The van der Waals surface area contributed by atoms with Crippen LogP contribution in [-0.2, 0) is 11.3 Å². The summed E-state index contributed by atoms with van der Waals surface area (Å²) in [6.07, 6.45) is 7.63. The van der Waals surface area contributed by atoms with E-state index in [1.165, 1.54) is 0 Å². The van der Waals surface area contributed by atoms with Crippen LogP contribution in [0.2, 0.25) is 0 Å². The Kier molecular flexibility index (Phi) is 6.90. The highest BCUT2D eigenvalue weighted by molar-refractivity contribution is 5.76. The van der Waals surface area contributed by atoms with Gasteiger partial charge in [0.15, 0.2) is 0 Å². The van der Waals surface area contributed by atoms with Gasteiger partial charge in [0.05, 0.1) is 17.4 Å². The molecule has 5 heteroatoms. The number of nitrogens with two attached hydrogens (primary N) is 1. The minimum absolute atomic E-state index is 0.156. The Hall–Kier alpha value is -1.88. The summed E-state index contributed by atoms with van der Waals surface area (Å²) in [6, 6.07) is 8.10. The van der Waals surface area contributed by atoms with Gasteiger partial charge in [-0.1, -0.05) is 25.0 Å². The van der Waals surface area contributed by atoms with Gasteiger partial charge >= 0.3 is 0 Å². The van der Waals surface area contributed by atoms with Crippen LogP contribution in [0.3, 0.4) is 0 Å². The Morgan fingerprint density at radius 1 is 1.14 bits per heavy atom. The molecule has 3 N–H and O–H groups in total. The van der Waals surface area contributed by atoms with E-state index in [9.17, 15) is 4.79 Å². The second-order valence-electron chi connectivity index (χ2n) is 5.58. The highest BCUT2D eigenvalue weighted by Gasteiger charge is 2.02. The second-order valence-corrected chi connectivity index (χ2v) is 5.58. The molecule has 2 rings (SSSR count). The Morgan fingerprint density at radius 3 is 2.82 bits per heavy atom. The van der Waals surface area contributed by atoms with E-state index in [4.69, 9.17) is 5.73 Å². The standard InChI is InChI=1S/C17H26N4O/c18-11-6-2-1-3-10-17(22)19-12-7-13-21-14-20-15-8-4-5-9-16(15)21/h4-5,8-9,14H,1-3,6-7,10-13,18H2,(H,19,22). The van der Waals surface area contributed by atoms with Gasteiger partial charge in [0.25, 0.3) is 0 Å². The van der Waals surface area contributed by atoms with E-state index >= 15 is 0 Å². The molecule has 1 heterocycles. The fourth-order valence-corrected chi connectivity index (χ4v) is 2.54. The van der Waals surface area contributed by atoms with Gasteiger partial charge in [0, 0.05) is 19.5 Å². The highest BCUT2D eigenvalue weighted by atomic mass is 16.1. The van der Waals surface area contributed by atoms with Crippen LogP contribution in [0.4, 0.5) is 0 Å². The number of nitrogens with one attached hydrogen (secondary N) is 1. The molecule has 0 aliphatic heterocycles. The van der Waals surface area contributed by atoms with Gasteiger partial charge in [-0.2, -0.15) is 0 Å². The third-order valence-electron chi connectivity index (χ3n) is 3.78. The zero-order valence-electron chi connectivity index (χ0n) is 13.1. The predicted octanol–water partition coefficient (Wildman–Crippen LogP) is 2.45. The predicted molar refractivity (Wildman–Crippen MR) is 89.5 cm³/mol. The van der Waals surface area contributed by atoms with E-state index in [2.05, 4.69) is 20.9 Å². The van der Waals surface area contributed by atoms with Crippen LogP contribution in [-0.4, -0.2) is 28.5 Å². The Morgan fingerprint density at radius 2 is 1.95 bits per heavy atom. The van der Waals surface area contributed by atoms with Crippen LogP contribution in [0, 0.1) is 0 Å². The van der Waals surface area contributed by atoms with Gasteiger partial charge in [-0.05, 0) is 37.9 Å². The quantitative estimate of drug-likeness (QED) is 0.662. The van der Waals surface area contributed by atoms with Crippen molar-refractivity contribution in [2.75, 3.05) is 13.1 Å². The van der Waals surface area contributed by atoms with Gasteiger partial charge in [0.1, 0.15) is 0 Å². The molecule has 1 amide bonds. The van der Waals surface area contributed by atoms with Crippen LogP contribution in [0.1, 0.15) is 38.5 Å². The molecule has 0 bridgehead atoms. The lowest BCUT2D eigenvalue weighted by Gasteiger charge is -2.07. The molecule has 0 unspecified atom stereocenters. The fraction of sp³-hybridized carbons (Fsp3) is 0.529. The number of hydrogen-bond acceptors (Lipinski definition) is 3. The molecule has 1 aromatic carbocycles. The number of rotatable bonds is 10. The van der Waals surface area contributed by atoms with Crippen molar-refractivity contribution in [3.8, 4) is 0 Å². The van der Waals surface area contributed by atoms with E-state index < -0.39 is 0 Å². The summed E-state index contributed by atoms with van der Waals surface area (Å²) in [5, 5.41) is 2.99. The van der Waals surface area contributed by atoms with E-state index in [1.54, 1.807) is 0 Å². The summed E-state index contributed by atoms with van der Waals surface area (Å²) >= 11 is 0. The van der Waals surface area contributed by atoms with Crippen molar-refractivity contribution >= 4 is 16.9 Å². The summed E-state index contributed by atoms with van der Waals surface area (Å²) in [4.78, 5) is 16.1. The zero-order valence-corrected chi connectivity index (χ0v) is 13.1. The Balaban J connectivity index is 1.60. The number of aromatic nitrogens is 2. The molecule has 1 aromatic heterocycles. The Bertz CT molecular complexity index is 579. The molecule has 5 nitrogen and oxygen atoms in total. The summed E-state index contributed by atoms with van der Waals surface area (Å²) in [5.74, 6) is 0.156. The van der Waals surface area contributed by atoms with Crippen molar-refractivity contribution in [1.82, 2.24) is 14.9 Å². The van der Waals surface area contributed by atoms with Gasteiger partial charge in [-0.15, -0.1) is 0 Å². The third kappa shape index (κ3) is 5.15. The van der Waals surface area contributed by atoms with Gasteiger partial charge in [0.2, 0.25) is 5.91 Å². The van der Waals surface area contributed by atoms with E-state index in [0.29, 0.717) is 13.0 Å². The number of para-hydroxylation sites is 2. The summed E-state index contributed by atoms with van der Waals surface area (Å²) < 4.78 is 2.13. The van der Waals surface area contributed by atoms with Crippen LogP contribution in [0.25, 0.3) is 11.0 Å². The van der Waals surface area contributed by atoms with E-state index in [-0.39, 0.29) is 5.91 Å². The summed E-state index contributed by atoms with van der Waals surface area (Å²) in [5.41, 5.74) is 7.61. The number of aryl methyl sites for hydroxylation is 1. The molecular formula is C17H26N4O. The first-order valence-corrected chi connectivity index (χ1v) is 8.18. The van der Waals surface area contributed by atoms with Crippen molar-refractivity contribution < 1.29 is 4.79 Å². The van der Waals surface area contributed by atoms with Crippen molar-refractivity contribution in [2.24, 2.45) is 5.73 Å². The molecule has 0 radical (unpaired) electrons. The molecule has 0 atom stereocenters. The van der Waals surface area contributed by atoms with Gasteiger partial charge in [-0.25, -0.2) is 4.98 Å². The minimum atomic E-state index is 0.156. The number of amides is 1. The Labute approximate surface area is 131 Å². The van der Waals surface area contributed by atoms with Crippen LogP contribution in [0.5, 0.6) is 0 Å². The average molecular weight is 302 g/mol. The normalized spacial score (nSPS) is 11.0. The van der Waals surface area contributed by atoms with Crippen LogP contribution in [0.15, 0.2) is 30.6 Å². The first-order valence-electron chi connectivity index (χ1n) is 8.18. The first kappa shape index (κ1) is 16.5. The first-order chi connectivity index (χ1) is 10.8. The molecular weight excluding hydrogens is 276 g/mol. The number of nitrogens with zero attached hydrogens (tertiary/aromatic N) is 2. The van der Waals surface area contributed by atoms with E-state index in [0.717, 1.165) is 56.2 Å². The van der Waals surface area contributed by atoms with Crippen molar-refractivity contribution in [3.63, 3.8) is 0 Å². The average Bonchev–Trinajstić information content (AvgIpc) is 2.95. The largest absolute Gasteiger partial charge is 0.356 e. The lowest BCUT2D eigenvalue weighted by Crippen LogP contribution is -2.24. The number of benzene rings is 1. The minimum Gasteiger partial charge on any atom is -0.356 e. The van der Waals surface area contributed by atoms with Gasteiger partial charge in [-0.3, -0.25) is 4.79 Å². The number of unbranched alkanes of at least 4 members (excludes halogenated alkanes) is 3. The molecule has 0 aliphatic rings. The second kappa shape index (κ2) is 9.20. The van der Waals surface area contributed by atoms with Crippen LogP contribution < -0.4 is 11.1 Å². The number of carbonyl (C=O) groups excluding carboxylic acids is 1. The van der Waals surface area contributed by atoms with Crippen molar-refractivity contribution in [2.45, 2.75) is 45.1 Å². The monoisotopic (exact) mass is 302 g/mol. The number of imidazole rings is 1. The van der Waals surface area contributed by atoms with Crippen molar-refractivity contribution in [3.05, 3.63) is 30.6 Å². The topological polar surface area (TPSA) is 72.9 Å². The van der Waals surface area contributed by atoms with Crippen molar-refractivity contribution in [1.29, 1.82) is 0 Å². The number of hydrogen-bond donors (Lipinski definition) is 2. The number of fused-ring (bicyclic) bond motifs is 1.